The third kappa shape index (κ3) is 3.98. The van der Waals surface area contributed by atoms with Gasteiger partial charge in [-0.05, 0) is 49.9 Å². The van der Waals surface area contributed by atoms with Gasteiger partial charge in [0.1, 0.15) is 5.75 Å². The van der Waals surface area contributed by atoms with Crippen molar-refractivity contribution in [2.75, 3.05) is 0 Å². The minimum absolute atomic E-state index is 0.396. The minimum Gasteiger partial charge on any atom is -0.479 e. The van der Waals surface area contributed by atoms with E-state index < -0.39 is 18.0 Å². The van der Waals surface area contributed by atoms with Crippen LogP contribution in [0.3, 0.4) is 0 Å². The Labute approximate surface area is 118 Å². The van der Waals surface area contributed by atoms with Gasteiger partial charge in [-0.2, -0.15) is 0 Å². The number of rotatable bonds is 7. The fourth-order valence-electron chi connectivity index (χ4n) is 2.04. The summed E-state index contributed by atoms with van der Waals surface area (Å²) >= 11 is 0. The number of aryl methyl sites for hydroxylation is 2. The SMILES string of the molecule is CCCCC(Oc1c(C)cc(C(N)=O)cc1C)C(=O)O. The van der Waals surface area contributed by atoms with Crippen LogP contribution >= 0.6 is 0 Å². The van der Waals surface area contributed by atoms with E-state index in [1.54, 1.807) is 26.0 Å². The van der Waals surface area contributed by atoms with Gasteiger partial charge < -0.3 is 15.6 Å². The lowest BCUT2D eigenvalue weighted by Crippen LogP contribution is -2.27. The van der Waals surface area contributed by atoms with E-state index in [1.807, 2.05) is 6.92 Å². The highest BCUT2D eigenvalue weighted by Crippen LogP contribution is 2.26. The Bertz CT molecular complexity index is 488. The molecular weight excluding hydrogens is 258 g/mol. The van der Waals surface area contributed by atoms with Gasteiger partial charge in [-0.15, -0.1) is 0 Å². The van der Waals surface area contributed by atoms with Crippen LogP contribution in [-0.2, 0) is 4.79 Å². The second-order valence-corrected chi connectivity index (χ2v) is 4.89. The molecule has 0 aromatic heterocycles. The molecule has 5 heteroatoms. The molecule has 0 radical (unpaired) electrons. The summed E-state index contributed by atoms with van der Waals surface area (Å²) in [6.45, 7) is 5.54. The Morgan fingerprint density at radius 1 is 1.30 bits per heavy atom. The Morgan fingerprint density at radius 3 is 2.25 bits per heavy atom. The summed E-state index contributed by atoms with van der Waals surface area (Å²) in [5.74, 6) is -0.974. The van der Waals surface area contributed by atoms with E-state index in [9.17, 15) is 14.7 Å². The normalized spacial score (nSPS) is 11.9. The van der Waals surface area contributed by atoms with Crippen molar-refractivity contribution in [2.24, 2.45) is 5.73 Å². The molecule has 0 aliphatic rings. The van der Waals surface area contributed by atoms with Crippen LogP contribution < -0.4 is 10.5 Å². The summed E-state index contributed by atoms with van der Waals surface area (Å²) in [6, 6.07) is 3.23. The summed E-state index contributed by atoms with van der Waals surface area (Å²) < 4.78 is 5.62. The number of carboxylic acids is 1. The average Bonchev–Trinajstić information content (AvgIpc) is 2.36. The van der Waals surface area contributed by atoms with Gasteiger partial charge in [0.05, 0.1) is 0 Å². The zero-order valence-electron chi connectivity index (χ0n) is 12.1. The molecule has 0 saturated carbocycles. The molecule has 110 valence electrons. The van der Waals surface area contributed by atoms with E-state index in [-0.39, 0.29) is 0 Å². The molecule has 20 heavy (non-hydrogen) atoms. The molecule has 3 N–H and O–H groups in total. The summed E-state index contributed by atoms with van der Waals surface area (Å²) in [5, 5.41) is 9.19. The molecule has 1 aromatic rings. The first kappa shape index (κ1) is 16.0. The van der Waals surface area contributed by atoms with Crippen LogP contribution in [0.2, 0.25) is 0 Å². The number of amides is 1. The highest BCUT2D eigenvalue weighted by Gasteiger charge is 2.21. The van der Waals surface area contributed by atoms with Gasteiger partial charge in [0.25, 0.3) is 0 Å². The number of unbranched alkanes of at least 4 members (excludes halogenated alkanes) is 1. The van der Waals surface area contributed by atoms with E-state index in [2.05, 4.69) is 0 Å². The number of hydrogen-bond acceptors (Lipinski definition) is 3. The van der Waals surface area contributed by atoms with Crippen molar-refractivity contribution in [3.8, 4) is 5.75 Å². The third-order valence-corrected chi connectivity index (χ3v) is 3.10. The van der Waals surface area contributed by atoms with Crippen LogP contribution in [-0.4, -0.2) is 23.1 Å². The van der Waals surface area contributed by atoms with E-state index in [0.29, 0.717) is 28.9 Å². The first-order valence-corrected chi connectivity index (χ1v) is 6.67. The maximum absolute atomic E-state index is 11.2. The zero-order chi connectivity index (χ0) is 15.3. The fourth-order valence-corrected chi connectivity index (χ4v) is 2.04. The summed E-state index contributed by atoms with van der Waals surface area (Å²) in [7, 11) is 0. The molecule has 0 fully saturated rings. The van der Waals surface area contributed by atoms with E-state index in [0.717, 1.165) is 12.8 Å². The lowest BCUT2D eigenvalue weighted by atomic mass is 10.0. The molecule has 0 spiro atoms. The number of benzene rings is 1. The molecule has 1 unspecified atom stereocenters. The van der Waals surface area contributed by atoms with E-state index in [4.69, 9.17) is 10.5 Å². The predicted octanol–water partition coefficient (Wildman–Crippen LogP) is 2.42. The number of primary amides is 1. The smallest absolute Gasteiger partial charge is 0.344 e. The van der Waals surface area contributed by atoms with Crippen molar-refractivity contribution >= 4 is 11.9 Å². The van der Waals surface area contributed by atoms with Gasteiger partial charge in [0.15, 0.2) is 6.10 Å². The minimum atomic E-state index is -0.976. The maximum Gasteiger partial charge on any atom is 0.344 e. The number of aliphatic carboxylic acids is 1. The Balaban J connectivity index is 3.01. The molecule has 0 aliphatic carbocycles. The molecule has 0 aliphatic heterocycles. The first-order chi connectivity index (χ1) is 9.36. The van der Waals surface area contributed by atoms with Gasteiger partial charge in [0, 0.05) is 5.56 Å². The molecule has 0 saturated heterocycles. The Hall–Kier alpha value is -2.04. The van der Waals surface area contributed by atoms with E-state index >= 15 is 0 Å². The van der Waals surface area contributed by atoms with Crippen molar-refractivity contribution in [1.29, 1.82) is 0 Å². The van der Waals surface area contributed by atoms with Gasteiger partial charge in [-0.3, -0.25) is 4.79 Å². The number of nitrogens with two attached hydrogens (primary N) is 1. The fraction of sp³-hybridized carbons (Fsp3) is 0.467. The van der Waals surface area contributed by atoms with Gasteiger partial charge in [-0.1, -0.05) is 13.3 Å². The summed E-state index contributed by atoms with van der Waals surface area (Å²) in [5.41, 5.74) is 7.06. The maximum atomic E-state index is 11.2. The highest BCUT2D eigenvalue weighted by atomic mass is 16.5. The summed E-state index contributed by atoms with van der Waals surface area (Å²) in [4.78, 5) is 22.4. The largest absolute Gasteiger partial charge is 0.479 e. The second kappa shape index (κ2) is 6.93. The van der Waals surface area contributed by atoms with E-state index in [1.165, 1.54) is 0 Å². The van der Waals surface area contributed by atoms with Crippen LogP contribution in [0, 0.1) is 13.8 Å². The zero-order valence-corrected chi connectivity index (χ0v) is 12.1. The Morgan fingerprint density at radius 2 is 1.85 bits per heavy atom. The summed E-state index contributed by atoms with van der Waals surface area (Å²) in [6.07, 6.45) is 1.29. The number of ether oxygens (including phenoxy) is 1. The third-order valence-electron chi connectivity index (χ3n) is 3.10. The molecule has 1 rings (SSSR count). The van der Waals surface area contributed by atoms with Gasteiger partial charge >= 0.3 is 5.97 Å². The van der Waals surface area contributed by atoms with Crippen LogP contribution in [0.5, 0.6) is 5.75 Å². The molecular formula is C15H21NO4. The van der Waals surface area contributed by atoms with Crippen LogP contribution in [0.15, 0.2) is 12.1 Å². The molecule has 5 nitrogen and oxygen atoms in total. The lowest BCUT2D eigenvalue weighted by Gasteiger charge is -2.19. The molecule has 0 bridgehead atoms. The topological polar surface area (TPSA) is 89.6 Å². The van der Waals surface area contributed by atoms with Crippen molar-refractivity contribution in [3.63, 3.8) is 0 Å². The van der Waals surface area contributed by atoms with Gasteiger partial charge in [0.2, 0.25) is 5.91 Å². The molecule has 0 heterocycles. The number of hydrogen-bond donors (Lipinski definition) is 2. The van der Waals surface area contributed by atoms with Crippen LogP contribution in [0.1, 0.15) is 47.7 Å². The average molecular weight is 279 g/mol. The predicted molar refractivity (Wildman–Crippen MR) is 76.0 cm³/mol. The van der Waals surface area contributed by atoms with Crippen LogP contribution in [0.4, 0.5) is 0 Å². The standard InChI is InChI=1S/C15H21NO4/c1-4-5-6-12(15(18)19)20-13-9(2)7-11(14(16)17)8-10(13)3/h7-8,12H,4-6H2,1-3H3,(H2,16,17)(H,18,19). The number of carbonyl (C=O) groups is 2. The monoisotopic (exact) mass is 279 g/mol. The molecule has 1 atom stereocenters. The van der Waals surface area contributed by atoms with Crippen molar-refractivity contribution in [3.05, 3.63) is 28.8 Å². The highest BCUT2D eigenvalue weighted by molar-refractivity contribution is 5.93. The molecule has 1 aromatic carbocycles. The van der Waals surface area contributed by atoms with Gasteiger partial charge in [-0.25, -0.2) is 4.79 Å². The number of carbonyl (C=O) groups excluding carboxylic acids is 1. The number of carboxylic acid groups (broad SMARTS) is 1. The second-order valence-electron chi connectivity index (χ2n) is 4.89. The lowest BCUT2D eigenvalue weighted by molar-refractivity contribution is -0.145. The Kier molecular flexibility index (Phi) is 5.55. The van der Waals surface area contributed by atoms with Crippen molar-refractivity contribution in [1.82, 2.24) is 0 Å². The molecule has 1 amide bonds. The van der Waals surface area contributed by atoms with Crippen molar-refractivity contribution < 1.29 is 19.4 Å². The van der Waals surface area contributed by atoms with Crippen molar-refractivity contribution in [2.45, 2.75) is 46.1 Å². The van der Waals surface area contributed by atoms with Crippen LogP contribution in [0.25, 0.3) is 0 Å². The quantitative estimate of drug-likeness (QED) is 0.802. The first-order valence-electron chi connectivity index (χ1n) is 6.67.